The van der Waals surface area contributed by atoms with Gasteiger partial charge in [-0.05, 0) is 30.7 Å². The number of fused-ring (bicyclic) bond motifs is 1. The van der Waals surface area contributed by atoms with Gasteiger partial charge in [-0.15, -0.1) is 0 Å². The van der Waals surface area contributed by atoms with E-state index in [0.717, 1.165) is 10.0 Å². The minimum atomic E-state index is -3.52. The number of benzene rings is 1. The SMILES string of the molecule is CC1c2cc(Br)ccc2S(=O)(=O)N1CCC(=O)NN. The predicted molar refractivity (Wildman–Crippen MR) is 73.4 cm³/mol. The van der Waals surface area contributed by atoms with Crippen LogP contribution in [-0.2, 0) is 14.8 Å². The molecule has 0 aliphatic carbocycles. The Bertz CT molecular complexity index is 618. The summed E-state index contributed by atoms with van der Waals surface area (Å²) in [5.74, 6) is 4.60. The fourth-order valence-corrected chi connectivity index (χ4v) is 4.43. The minimum Gasteiger partial charge on any atom is -0.294 e. The van der Waals surface area contributed by atoms with Crippen molar-refractivity contribution < 1.29 is 13.2 Å². The lowest BCUT2D eigenvalue weighted by molar-refractivity contribution is -0.121. The van der Waals surface area contributed by atoms with Crippen LogP contribution in [0.2, 0.25) is 0 Å². The van der Waals surface area contributed by atoms with Crippen molar-refractivity contribution in [2.45, 2.75) is 24.3 Å². The predicted octanol–water partition coefficient (Wildman–Crippen LogP) is 0.894. The molecule has 1 atom stereocenters. The lowest BCUT2D eigenvalue weighted by Crippen LogP contribution is -2.35. The average Bonchev–Trinajstić information content (AvgIpc) is 2.54. The van der Waals surface area contributed by atoms with Crippen LogP contribution in [-0.4, -0.2) is 25.2 Å². The van der Waals surface area contributed by atoms with Crippen LogP contribution in [0.1, 0.15) is 24.9 Å². The van der Waals surface area contributed by atoms with Crippen molar-refractivity contribution in [2.75, 3.05) is 6.54 Å². The molecule has 8 heteroatoms. The number of hydrogen-bond donors (Lipinski definition) is 2. The summed E-state index contributed by atoms with van der Waals surface area (Å²) < 4.78 is 26.9. The van der Waals surface area contributed by atoms with Crippen LogP contribution in [0.4, 0.5) is 0 Å². The zero-order valence-corrected chi connectivity index (χ0v) is 12.7. The van der Waals surface area contributed by atoms with E-state index >= 15 is 0 Å². The van der Waals surface area contributed by atoms with E-state index in [1.165, 1.54) is 4.31 Å². The molecule has 1 aromatic rings. The standard InChI is InChI=1S/C11H14BrN3O3S/c1-7-9-6-8(12)2-3-10(9)19(17,18)15(7)5-4-11(16)14-13/h2-3,6-7H,4-5,13H2,1H3,(H,14,16). The van der Waals surface area contributed by atoms with Crippen LogP contribution in [0.3, 0.4) is 0 Å². The molecule has 1 aliphatic heterocycles. The van der Waals surface area contributed by atoms with Gasteiger partial charge in [0.05, 0.1) is 4.90 Å². The Morgan fingerprint density at radius 2 is 2.21 bits per heavy atom. The van der Waals surface area contributed by atoms with Crippen LogP contribution in [0, 0.1) is 0 Å². The van der Waals surface area contributed by atoms with Crippen molar-refractivity contribution in [1.82, 2.24) is 9.73 Å². The number of hydrazine groups is 1. The summed E-state index contributed by atoms with van der Waals surface area (Å²) in [6.07, 6.45) is 0.0369. The maximum atomic E-state index is 12.4. The van der Waals surface area contributed by atoms with E-state index in [1.807, 2.05) is 5.43 Å². The first-order valence-corrected chi connectivity index (χ1v) is 7.92. The van der Waals surface area contributed by atoms with E-state index < -0.39 is 10.0 Å². The van der Waals surface area contributed by atoms with Crippen LogP contribution in [0.15, 0.2) is 27.6 Å². The summed E-state index contributed by atoms with van der Waals surface area (Å²) in [6, 6.07) is 4.77. The molecule has 0 bridgehead atoms. The van der Waals surface area contributed by atoms with Crippen molar-refractivity contribution in [3.8, 4) is 0 Å². The molecule has 1 aliphatic rings. The fraction of sp³-hybridized carbons (Fsp3) is 0.364. The van der Waals surface area contributed by atoms with Gasteiger partial charge in [0.25, 0.3) is 0 Å². The maximum Gasteiger partial charge on any atom is 0.243 e. The van der Waals surface area contributed by atoms with Gasteiger partial charge in [-0.25, -0.2) is 14.3 Å². The van der Waals surface area contributed by atoms with Gasteiger partial charge in [-0.3, -0.25) is 10.2 Å². The summed E-state index contributed by atoms with van der Waals surface area (Å²) in [4.78, 5) is 11.5. The largest absolute Gasteiger partial charge is 0.294 e. The zero-order valence-electron chi connectivity index (χ0n) is 10.3. The third-order valence-electron chi connectivity index (χ3n) is 3.16. The minimum absolute atomic E-state index is 0.0369. The monoisotopic (exact) mass is 347 g/mol. The lowest BCUT2D eigenvalue weighted by Gasteiger charge is -2.19. The Morgan fingerprint density at radius 3 is 2.84 bits per heavy atom. The van der Waals surface area contributed by atoms with Crippen LogP contribution >= 0.6 is 15.9 Å². The second kappa shape index (κ2) is 5.20. The number of halogens is 1. The van der Waals surface area contributed by atoms with Gasteiger partial charge in [0, 0.05) is 23.5 Å². The van der Waals surface area contributed by atoms with Gasteiger partial charge in [0.2, 0.25) is 15.9 Å². The first kappa shape index (κ1) is 14.4. The van der Waals surface area contributed by atoms with Gasteiger partial charge in [-0.2, -0.15) is 4.31 Å². The molecule has 0 fully saturated rings. The summed E-state index contributed by atoms with van der Waals surface area (Å²) in [5.41, 5.74) is 2.73. The number of nitrogens with one attached hydrogen (secondary N) is 1. The molecule has 0 aromatic heterocycles. The van der Waals surface area contributed by atoms with E-state index in [1.54, 1.807) is 25.1 Å². The lowest BCUT2D eigenvalue weighted by atomic mass is 10.1. The Hall–Kier alpha value is -0.960. The molecule has 0 saturated heterocycles. The van der Waals surface area contributed by atoms with Crippen LogP contribution in [0.5, 0.6) is 0 Å². The van der Waals surface area contributed by atoms with E-state index in [4.69, 9.17) is 5.84 Å². The number of nitrogens with zero attached hydrogens (tertiary/aromatic N) is 1. The molecule has 2 rings (SSSR count). The third kappa shape index (κ3) is 2.53. The second-order valence-corrected chi connectivity index (χ2v) is 7.07. The number of carbonyl (C=O) groups is 1. The van der Waals surface area contributed by atoms with Crippen molar-refractivity contribution in [3.05, 3.63) is 28.2 Å². The first-order valence-electron chi connectivity index (χ1n) is 5.68. The second-order valence-electron chi connectivity index (χ2n) is 4.29. The first-order chi connectivity index (χ1) is 8.87. The quantitative estimate of drug-likeness (QED) is 0.482. The van der Waals surface area contributed by atoms with Crippen molar-refractivity contribution >= 4 is 31.9 Å². The fourth-order valence-electron chi connectivity index (χ4n) is 2.17. The maximum absolute atomic E-state index is 12.4. The highest BCUT2D eigenvalue weighted by atomic mass is 79.9. The Morgan fingerprint density at radius 1 is 1.53 bits per heavy atom. The molecular weight excluding hydrogens is 334 g/mol. The molecule has 1 heterocycles. The summed E-state index contributed by atoms with van der Waals surface area (Å²) in [7, 11) is -3.52. The molecular formula is C11H14BrN3O3S. The molecule has 104 valence electrons. The van der Waals surface area contributed by atoms with Gasteiger partial charge >= 0.3 is 0 Å². The summed E-state index contributed by atoms with van der Waals surface area (Å²) in [6.45, 7) is 1.91. The molecule has 1 amide bonds. The van der Waals surface area contributed by atoms with Crippen LogP contribution < -0.4 is 11.3 Å². The number of hydrogen-bond acceptors (Lipinski definition) is 4. The molecule has 6 nitrogen and oxygen atoms in total. The molecule has 1 aromatic carbocycles. The highest BCUT2D eigenvalue weighted by Gasteiger charge is 2.40. The van der Waals surface area contributed by atoms with Gasteiger partial charge in [0.1, 0.15) is 0 Å². The molecule has 0 radical (unpaired) electrons. The molecule has 0 spiro atoms. The van der Waals surface area contributed by atoms with E-state index in [-0.39, 0.29) is 24.9 Å². The number of nitrogens with two attached hydrogens (primary N) is 1. The number of rotatable bonds is 3. The van der Waals surface area contributed by atoms with E-state index in [9.17, 15) is 13.2 Å². The highest BCUT2D eigenvalue weighted by Crippen LogP contribution is 2.40. The number of amides is 1. The van der Waals surface area contributed by atoms with Crippen molar-refractivity contribution in [1.29, 1.82) is 0 Å². The van der Waals surface area contributed by atoms with E-state index in [0.29, 0.717) is 4.90 Å². The number of sulfonamides is 1. The highest BCUT2D eigenvalue weighted by molar-refractivity contribution is 9.10. The van der Waals surface area contributed by atoms with Gasteiger partial charge in [0.15, 0.2) is 0 Å². The van der Waals surface area contributed by atoms with Crippen LogP contribution in [0.25, 0.3) is 0 Å². The molecule has 0 saturated carbocycles. The molecule has 1 unspecified atom stereocenters. The van der Waals surface area contributed by atoms with Gasteiger partial charge in [-0.1, -0.05) is 15.9 Å². The Kier molecular flexibility index (Phi) is 3.95. The number of carbonyl (C=O) groups excluding carboxylic acids is 1. The Balaban J connectivity index is 2.32. The summed E-state index contributed by atoms with van der Waals surface area (Å²) >= 11 is 3.33. The molecule has 19 heavy (non-hydrogen) atoms. The zero-order chi connectivity index (χ0) is 14.2. The smallest absolute Gasteiger partial charge is 0.243 e. The average molecular weight is 348 g/mol. The Labute approximate surface area is 120 Å². The third-order valence-corrected chi connectivity index (χ3v) is 5.70. The molecule has 3 N–H and O–H groups in total. The van der Waals surface area contributed by atoms with Crippen molar-refractivity contribution in [2.24, 2.45) is 5.84 Å². The van der Waals surface area contributed by atoms with E-state index in [2.05, 4.69) is 15.9 Å². The van der Waals surface area contributed by atoms with Crippen molar-refractivity contribution in [3.63, 3.8) is 0 Å². The normalized spacial score (nSPS) is 21.1. The summed E-state index contributed by atoms with van der Waals surface area (Å²) in [5, 5.41) is 0. The van der Waals surface area contributed by atoms with Gasteiger partial charge < -0.3 is 0 Å². The topological polar surface area (TPSA) is 92.5 Å².